The Morgan fingerprint density at radius 2 is 1.90 bits per heavy atom. The standard InChI is InChI=1S/C14H10BrFIO2PS/c15-13(9-1-5-11(16)6-2-9)14(18)10-3-7-12(8-4-10)19-21(17)20/h1-8,13,20H/i20T. The van der Waals surface area contributed by atoms with Gasteiger partial charge in [0.2, 0.25) is 0 Å². The summed E-state index contributed by atoms with van der Waals surface area (Å²) in [7, 11) is -0.0901. The highest BCUT2D eigenvalue weighted by atomic mass is 127. The zero-order valence-corrected chi connectivity index (χ0v) is 16.0. The average molecular weight is 501 g/mol. The van der Waals surface area contributed by atoms with E-state index in [9.17, 15) is 9.18 Å². The first-order valence-electron chi connectivity index (χ1n) is 6.24. The molecule has 2 rings (SSSR count). The van der Waals surface area contributed by atoms with E-state index < -0.39 is 12.4 Å². The van der Waals surface area contributed by atoms with Gasteiger partial charge in [-0.1, -0.05) is 28.1 Å². The van der Waals surface area contributed by atoms with E-state index in [-0.39, 0.29) is 11.6 Å². The van der Waals surface area contributed by atoms with Crippen molar-refractivity contribution in [2.75, 3.05) is 0 Å². The summed E-state index contributed by atoms with van der Waals surface area (Å²) in [5, 5.41) is 0. The zero-order chi connectivity index (χ0) is 16.1. The maximum Gasteiger partial charge on any atom is 0.180 e. The van der Waals surface area contributed by atoms with Gasteiger partial charge in [-0.15, -0.1) is 0 Å². The fourth-order valence-corrected chi connectivity index (χ4v) is 3.40. The molecule has 2 aromatic carbocycles. The van der Waals surface area contributed by atoms with Crippen LogP contribution in [0.25, 0.3) is 0 Å². The van der Waals surface area contributed by atoms with Crippen molar-refractivity contribution in [3.63, 3.8) is 0 Å². The zero-order valence-electron chi connectivity index (χ0n) is 11.5. The minimum atomic E-state index is -0.522. The van der Waals surface area contributed by atoms with Gasteiger partial charge in [0.15, 0.2) is 5.78 Å². The van der Waals surface area contributed by atoms with Crippen molar-refractivity contribution in [2.24, 2.45) is 0 Å². The second-order valence-corrected chi connectivity index (χ2v) is 11.1. The van der Waals surface area contributed by atoms with E-state index >= 15 is 0 Å². The highest BCUT2D eigenvalue weighted by Crippen LogP contribution is 2.28. The Bertz CT molecular complexity index is 697. The molecule has 0 saturated carbocycles. The lowest BCUT2D eigenvalue weighted by molar-refractivity contribution is 0.0991. The molecule has 0 fully saturated rings. The van der Waals surface area contributed by atoms with E-state index in [0.29, 0.717) is 24.8 Å². The molecule has 0 amide bonds. The van der Waals surface area contributed by atoms with Crippen LogP contribution in [0.4, 0.5) is 4.39 Å². The molecular weight excluding hydrogens is 489 g/mol. The third-order valence-corrected chi connectivity index (χ3v) is 4.73. The largest absolute Gasteiger partial charge is 0.421 e. The normalized spacial score (nSPS) is 14.3. The monoisotopic (exact) mass is 500 g/mol. The molecule has 2 unspecified atom stereocenters. The highest BCUT2D eigenvalue weighted by molar-refractivity contribution is 14.2. The Morgan fingerprint density at radius 1 is 1.29 bits per heavy atom. The summed E-state index contributed by atoms with van der Waals surface area (Å²) in [6.45, 7) is 0. The van der Waals surface area contributed by atoms with Gasteiger partial charge in [0, 0.05) is 26.8 Å². The van der Waals surface area contributed by atoms with Crippen LogP contribution in [0.2, 0.25) is 0 Å². The summed E-state index contributed by atoms with van der Waals surface area (Å²) in [6, 6.07) is 12.6. The van der Waals surface area contributed by atoms with Crippen LogP contribution in [0.1, 0.15) is 20.7 Å². The minimum absolute atomic E-state index is 0.106. The second kappa shape index (κ2) is 7.81. The van der Waals surface area contributed by atoms with Crippen LogP contribution in [-0.4, -0.2) is 7.06 Å². The summed E-state index contributed by atoms with van der Waals surface area (Å²) in [5.74, 6) is 0.187. The van der Waals surface area contributed by atoms with Gasteiger partial charge < -0.3 is 4.18 Å². The molecule has 0 aliphatic heterocycles. The molecule has 2 nitrogen and oxygen atoms in total. The van der Waals surface area contributed by atoms with E-state index in [2.05, 4.69) is 37.1 Å². The second-order valence-electron chi connectivity index (χ2n) is 4.09. The van der Waals surface area contributed by atoms with Gasteiger partial charge in [-0.3, -0.25) is 4.79 Å². The van der Waals surface area contributed by atoms with Crippen LogP contribution in [0.5, 0.6) is 5.75 Å². The molecule has 0 radical (unpaired) electrons. The molecule has 21 heavy (non-hydrogen) atoms. The maximum atomic E-state index is 12.9. The van der Waals surface area contributed by atoms with Gasteiger partial charge >= 0.3 is 0 Å². The lowest BCUT2D eigenvalue weighted by Crippen LogP contribution is -2.07. The van der Waals surface area contributed by atoms with E-state index in [1.807, 2.05) is 0 Å². The molecule has 0 heterocycles. The third-order valence-electron chi connectivity index (χ3n) is 2.70. The Morgan fingerprint density at radius 3 is 2.48 bits per heavy atom. The van der Waals surface area contributed by atoms with Gasteiger partial charge in [0.05, 0.1) is 7.53 Å². The van der Waals surface area contributed by atoms with E-state index in [1.54, 1.807) is 36.4 Å². The number of alkyl halides is 1. The molecule has 0 aliphatic rings. The topological polar surface area (TPSA) is 26.3 Å². The number of benzene rings is 2. The Balaban J connectivity index is 2.13. The van der Waals surface area contributed by atoms with Gasteiger partial charge in [0.25, 0.3) is 0 Å². The highest BCUT2D eigenvalue weighted by Gasteiger charge is 2.19. The van der Waals surface area contributed by atoms with Crippen molar-refractivity contribution < 1.29 is 13.4 Å². The first kappa shape index (κ1) is 15.6. The van der Waals surface area contributed by atoms with E-state index in [0.717, 1.165) is 0 Å². The molecule has 0 N–H and O–H groups in total. The molecule has 0 saturated heterocycles. The molecule has 0 bridgehead atoms. The fraction of sp³-hybridized carbons (Fsp3) is 0.0714. The van der Waals surface area contributed by atoms with Crippen LogP contribution in [0.15, 0.2) is 48.5 Å². The lowest BCUT2D eigenvalue weighted by Gasteiger charge is -2.10. The van der Waals surface area contributed by atoms with E-state index in [1.165, 1.54) is 12.1 Å². The van der Waals surface area contributed by atoms with Crippen molar-refractivity contribution in [1.29, 1.82) is 1.28 Å². The quantitative estimate of drug-likeness (QED) is 0.236. The van der Waals surface area contributed by atoms with E-state index in [4.69, 9.17) is 5.46 Å². The van der Waals surface area contributed by atoms with Gasteiger partial charge in [-0.25, -0.2) is 4.39 Å². The predicted molar refractivity (Wildman–Crippen MR) is 99.2 cm³/mol. The van der Waals surface area contributed by atoms with Gasteiger partial charge in [0.1, 0.15) is 17.7 Å². The number of hydrogen-bond donors (Lipinski definition) is 0. The number of carbonyl (C=O) groups is 1. The molecular formula is C14H10BrFIO2PS. The molecule has 7 heteroatoms. The molecule has 0 aliphatic carbocycles. The van der Waals surface area contributed by atoms with Crippen molar-refractivity contribution in [3.8, 4) is 5.75 Å². The molecule has 110 valence electrons. The fourth-order valence-electron chi connectivity index (χ4n) is 1.68. The maximum absolute atomic E-state index is 12.9. The van der Waals surface area contributed by atoms with Crippen LogP contribution in [-0.2, 0) is 7.53 Å². The summed E-state index contributed by atoms with van der Waals surface area (Å²) in [6.07, 6.45) is 0. The van der Waals surface area contributed by atoms with Crippen LogP contribution >= 0.6 is 45.1 Å². The minimum Gasteiger partial charge on any atom is -0.421 e. The van der Waals surface area contributed by atoms with Crippen molar-refractivity contribution in [3.05, 3.63) is 65.5 Å². The van der Waals surface area contributed by atoms with Crippen molar-refractivity contribution in [1.82, 2.24) is 0 Å². The Hall–Kier alpha value is -0.300. The summed E-state index contributed by atoms with van der Waals surface area (Å²) in [4.78, 5) is 11.9. The summed E-state index contributed by atoms with van der Waals surface area (Å²) in [5.41, 5.74) is 1.24. The lowest BCUT2D eigenvalue weighted by atomic mass is 10.0. The SMILES string of the molecule is [3H]P=S(I)Oc1ccc(C(=O)C(Br)c2ccc(F)cc2)cc1. The Kier molecular flexibility index (Phi) is 5.80. The predicted octanol–water partition coefficient (Wildman–Crippen LogP) is 5.46. The van der Waals surface area contributed by atoms with Crippen LogP contribution in [0.3, 0.4) is 0 Å². The molecule has 2 aromatic rings. The van der Waals surface area contributed by atoms with Gasteiger partial charge in [-0.2, -0.15) is 0 Å². The summed E-state index contributed by atoms with van der Waals surface area (Å²) >= 11 is 5.41. The Labute approximate surface area is 148 Å². The van der Waals surface area contributed by atoms with Crippen molar-refractivity contribution >= 4 is 58.4 Å². The van der Waals surface area contributed by atoms with Gasteiger partial charge in [-0.05, 0) is 49.9 Å². The molecule has 2 atom stereocenters. The number of Topliss-reactive ketones (excluding diaryl/α,β-unsaturated/α-hetero) is 1. The summed E-state index contributed by atoms with van der Waals surface area (Å²) < 4.78 is 25.6. The first-order chi connectivity index (χ1) is 10.5. The number of halogens is 3. The number of ketones is 1. The first-order valence-corrected chi connectivity index (χ1v) is 11.4. The number of carbonyl (C=O) groups excluding carboxylic acids is 1. The van der Waals surface area contributed by atoms with Crippen LogP contribution in [0, 0.1) is 5.82 Å². The van der Waals surface area contributed by atoms with Crippen molar-refractivity contribution in [2.45, 2.75) is 4.83 Å². The number of hydrogen-bond acceptors (Lipinski definition) is 2. The molecule has 0 spiro atoms. The molecule has 0 aromatic heterocycles. The average Bonchev–Trinajstić information content (AvgIpc) is 2.55. The van der Waals surface area contributed by atoms with Crippen LogP contribution < -0.4 is 4.18 Å². The number of rotatable bonds is 5. The third kappa shape index (κ3) is 4.84. The smallest absolute Gasteiger partial charge is 0.180 e.